The van der Waals surface area contributed by atoms with Crippen LogP contribution < -0.4 is 5.32 Å². The molecule has 5 heteroatoms. The number of amides is 1. The molecule has 1 aromatic heterocycles. The molecule has 0 saturated carbocycles. The zero-order valence-electron chi connectivity index (χ0n) is 13.9. The number of aryl methyl sites for hydroxylation is 2. The van der Waals surface area contributed by atoms with Gasteiger partial charge in [-0.15, -0.1) is 0 Å². The second-order valence-corrected chi connectivity index (χ2v) is 6.11. The van der Waals surface area contributed by atoms with Crippen molar-refractivity contribution in [2.45, 2.75) is 45.3 Å². The number of fused-ring (bicyclic) bond motifs is 1. The van der Waals surface area contributed by atoms with Gasteiger partial charge in [0, 0.05) is 0 Å². The Morgan fingerprint density at radius 1 is 1.25 bits per heavy atom. The molecule has 126 valence electrons. The number of rotatable bonds is 4. The minimum absolute atomic E-state index is 0.0329. The van der Waals surface area contributed by atoms with Crippen molar-refractivity contribution < 1.29 is 18.7 Å². The summed E-state index contributed by atoms with van der Waals surface area (Å²) in [7, 11) is 0. The van der Waals surface area contributed by atoms with Gasteiger partial charge >= 0.3 is 5.97 Å². The highest BCUT2D eigenvalue weighted by Crippen LogP contribution is 2.29. The average molecular weight is 327 g/mol. The quantitative estimate of drug-likeness (QED) is 0.875. The number of hydrogen-bond donors (Lipinski definition) is 1. The summed E-state index contributed by atoms with van der Waals surface area (Å²) in [5.41, 5.74) is 2.42. The number of furan rings is 1. The lowest BCUT2D eigenvalue weighted by Gasteiger charge is -2.27. The number of carbonyl (C=O) groups is 2. The molecule has 0 unspecified atom stereocenters. The Morgan fingerprint density at radius 2 is 2.04 bits per heavy atom. The maximum absolute atomic E-state index is 12.4. The van der Waals surface area contributed by atoms with Gasteiger partial charge in [-0.05, 0) is 56.4 Å². The number of nitrogens with one attached hydrogen (secondary N) is 1. The van der Waals surface area contributed by atoms with Gasteiger partial charge in [-0.25, -0.2) is 4.79 Å². The van der Waals surface area contributed by atoms with Gasteiger partial charge in [0.15, 0.2) is 6.10 Å². The Bertz CT molecular complexity index is 749. The summed E-state index contributed by atoms with van der Waals surface area (Å²) in [6.07, 6.45) is 2.07. The third kappa shape index (κ3) is 3.50. The lowest BCUT2D eigenvalue weighted by molar-refractivity contribution is -0.130. The number of carbonyl (C=O) groups excluding carboxylic acids is 2. The van der Waals surface area contributed by atoms with Gasteiger partial charge in [0.2, 0.25) is 5.76 Å². The molecule has 1 N–H and O–H groups in total. The maximum atomic E-state index is 12.4. The summed E-state index contributed by atoms with van der Waals surface area (Å²) in [6, 6.07) is 11.3. The van der Waals surface area contributed by atoms with E-state index in [0.29, 0.717) is 5.76 Å². The summed E-state index contributed by atoms with van der Waals surface area (Å²) in [4.78, 5) is 24.3. The van der Waals surface area contributed by atoms with Crippen LogP contribution in [0.4, 0.5) is 0 Å². The van der Waals surface area contributed by atoms with Crippen molar-refractivity contribution in [1.82, 2.24) is 5.32 Å². The van der Waals surface area contributed by atoms with Gasteiger partial charge in [0.1, 0.15) is 5.76 Å². The van der Waals surface area contributed by atoms with Crippen molar-refractivity contribution in [1.29, 1.82) is 0 Å². The minimum Gasteiger partial charge on any atom is -0.454 e. The fourth-order valence-corrected chi connectivity index (χ4v) is 3.01. The van der Waals surface area contributed by atoms with Gasteiger partial charge < -0.3 is 14.5 Å². The fourth-order valence-electron chi connectivity index (χ4n) is 3.01. The lowest BCUT2D eigenvalue weighted by atomic mass is 9.87. The van der Waals surface area contributed by atoms with E-state index in [0.717, 1.165) is 24.8 Å². The number of ether oxygens (including phenoxy) is 1. The summed E-state index contributed by atoms with van der Waals surface area (Å²) in [6.45, 7) is 3.31. The standard InChI is InChI=1S/C19H21NO4/c1-12-10-11-17(23-12)19(22)24-13(2)18(21)20-16-9-5-7-14-6-3-4-8-15(14)16/h3-4,6,8,10-11,13,16H,5,7,9H2,1-2H3,(H,20,21)/t13-,16-/m1/s1. The van der Waals surface area contributed by atoms with E-state index in [9.17, 15) is 9.59 Å². The zero-order valence-corrected chi connectivity index (χ0v) is 13.9. The fraction of sp³-hybridized carbons (Fsp3) is 0.368. The van der Waals surface area contributed by atoms with E-state index in [-0.39, 0.29) is 17.7 Å². The van der Waals surface area contributed by atoms with Gasteiger partial charge in [0.05, 0.1) is 6.04 Å². The largest absolute Gasteiger partial charge is 0.454 e. The predicted molar refractivity (Wildman–Crippen MR) is 88.6 cm³/mol. The number of esters is 1. The van der Waals surface area contributed by atoms with Crippen molar-refractivity contribution >= 4 is 11.9 Å². The summed E-state index contributed by atoms with van der Waals surface area (Å²) in [5, 5.41) is 2.99. The first kappa shape index (κ1) is 16.3. The molecule has 1 aromatic carbocycles. The third-order valence-electron chi connectivity index (χ3n) is 4.28. The number of hydrogen-bond acceptors (Lipinski definition) is 4. The van der Waals surface area contributed by atoms with Crippen molar-refractivity contribution in [2.24, 2.45) is 0 Å². The van der Waals surface area contributed by atoms with Crippen molar-refractivity contribution in [3.63, 3.8) is 0 Å². The molecule has 1 heterocycles. The Morgan fingerprint density at radius 3 is 2.79 bits per heavy atom. The SMILES string of the molecule is Cc1ccc(C(=O)O[C@H](C)C(=O)N[C@@H]2CCCc3ccccc32)o1. The molecule has 0 spiro atoms. The highest BCUT2D eigenvalue weighted by Gasteiger charge is 2.26. The summed E-state index contributed by atoms with van der Waals surface area (Å²) in [5.74, 6) is -0.198. The van der Waals surface area contributed by atoms with Gasteiger partial charge in [0.25, 0.3) is 5.91 Å². The van der Waals surface area contributed by atoms with E-state index in [1.165, 1.54) is 5.56 Å². The van der Waals surface area contributed by atoms with Crippen LogP contribution in [-0.4, -0.2) is 18.0 Å². The second-order valence-electron chi connectivity index (χ2n) is 6.11. The molecule has 3 rings (SSSR count). The van der Waals surface area contributed by atoms with E-state index < -0.39 is 12.1 Å². The first-order chi connectivity index (χ1) is 11.5. The lowest BCUT2D eigenvalue weighted by Crippen LogP contribution is -2.39. The van der Waals surface area contributed by atoms with Gasteiger partial charge in [-0.1, -0.05) is 24.3 Å². The Hall–Kier alpha value is -2.56. The highest BCUT2D eigenvalue weighted by atomic mass is 16.6. The molecule has 5 nitrogen and oxygen atoms in total. The molecule has 1 aliphatic rings. The Balaban J connectivity index is 1.62. The topological polar surface area (TPSA) is 68.5 Å². The molecular formula is C19H21NO4. The van der Waals surface area contributed by atoms with Crippen LogP contribution in [0.1, 0.15) is 53.2 Å². The Labute approximate surface area is 141 Å². The molecule has 1 aliphatic carbocycles. The molecule has 1 amide bonds. The Kier molecular flexibility index (Phi) is 4.69. The van der Waals surface area contributed by atoms with Crippen LogP contribution in [0.25, 0.3) is 0 Å². The number of benzene rings is 1. The van der Waals surface area contributed by atoms with Crippen LogP contribution in [0, 0.1) is 6.92 Å². The summed E-state index contributed by atoms with van der Waals surface area (Å²) < 4.78 is 10.4. The molecule has 2 aromatic rings. The normalized spacial score (nSPS) is 17.7. The molecule has 0 bridgehead atoms. The van der Waals surface area contributed by atoms with Gasteiger partial charge in [-0.2, -0.15) is 0 Å². The molecule has 0 fully saturated rings. The van der Waals surface area contributed by atoms with Crippen molar-refractivity contribution in [3.05, 3.63) is 59.0 Å². The predicted octanol–water partition coefficient (Wildman–Crippen LogP) is 3.33. The van der Waals surface area contributed by atoms with Crippen LogP contribution in [0.3, 0.4) is 0 Å². The van der Waals surface area contributed by atoms with E-state index >= 15 is 0 Å². The first-order valence-corrected chi connectivity index (χ1v) is 8.20. The van der Waals surface area contributed by atoms with Gasteiger partial charge in [-0.3, -0.25) is 4.79 Å². The van der Waals surface area contributed by atoms with Crippen LogP contribution in [0.15, 0.2) is 40.8 Å². The van der Waals surface area contributed by atoms with Crippen LogP contribution in [0.2, 0.25) is 0 Å². The molecule has 24 heavy (non-hydrogen) atoms. The average Bonchev–Trinajstić information content (AvgIpc) is 3.01. The van der Waals surface area contributed by atoms with Crippen LogP contribution in [-0.2, 0) is 16.0 Å². The van der Waals surface area contributed by atoms with E-state index in [1.54, 1.807) is 26.0 Å². The smallest absolute Gasteiger partial charge is 0.375 e. The maximum Gasteiger partial charge on any atom is 0.375 e. The van der Waals surface area contributed by atoms with Crippen LogP contribution >= 0.6 is 0 Å². The molecule has 0 aliphatic heterocycles. The summed E-state index contributed by atoms with van der Waals surface area (Å²) >= 11 is 0. The molecule has 0 saturated heterocycles. The van der Waals surface area contributed by atoms with E-state index in [2.05, 4.69) is 11.4 Å². The van der Waals surface area contributed by atoms with Crippen molar-refractivity contribution in [3.8, 4) is 0 Å². The minimum atomic E-state index is -0.878. The monoisotopic (exact) mass is 327 g/mol. The second kappa shape index (κ2) is 6.91. The third-order valence-corrected chi connectivity index (χ3v) is 4.28. The van der Waals surface area contributed by atoms with E-state index in [4.69, 9.17) is 9.15 Å². The highest BCUT2D eigenvalue weighted by molar-refractivity contribution is 5.90. The zero-order chi connectivity index (χ0) is 17.1. The molecular weight excluding hydrogens is 306 g/mol. The molecule has 0 radical (unpaired) electrons. The molecule has 2 atom stereocenters. The van der Waals surface area contributed by atoms with E-state index in [1.807, 2.05) is 18.2 Å². The van der Waals surface area contributed by atoms with Crippen LogP contribution in [0.5, 0.6) is 0 Å². The first-order valence-electron chi connectivity index (χ1n) is 8.20. The van der Waals surface area contributed by atoms with Crippen molar-refractivity contribution in [2.75, 3.05) is 0 Å².